The molecule has 27 heavy (non-hydrogen) atoms. The molecule has 1 aliphatic heterocycles. The molecule has 0 N–H and O–H groups in total. The van der Waals surface area contributed by atoms with E-state index in [1.54, 1.807) is 0 Å². The van der Waals surface area contributed by atoms with Crippen LogP contribution in [-0.2, 0) is 9.16 Å². The number of rotatable bonds is 8. The van der Waals surface area contributed by atoms with Gasteiger partial charge in [-0.25, -0.2) is 0 Å². The first-order chi connectivity index (χ1) is 13.2. The van der Waals surface area contributed by atoms with Crippen LogP contribution in [0, 0.1) is 0 Å². The number of para-hydroxylation sites is 1. The van der Waals surface area contributed by atoms with Crippen LogP contribution in [-0.4, -0.2) is 44.4 Å². The van der Waals surface area contributed by atoms with Crippen molar-refractivity contribution in [2.24, 2.45) is 0 Å². The fourth-order valence-corrected chi connectivity index (χ4v) is 3.86. The molecule has 1 aliphatic rings. The van der Waals surface area contributed by atoms with Gasteiger partial charge in [0.05, 0.1) is 13.2 Å². The average Bonchev–Trinajstić information content (AvgIpc) is 2.71. The molecule has 2 aromatic rings. The molecule has 146 valence electrons. The van der Waals surface area contributed by atoms with Gasteiger partial charge in [0.15, 0.2) is 17.6 Å². The third-order valence-electron chi connectivity index (χ3n) is 4.67. The highest BCUT2D eigenvalue weighted by molar-refractivity contribution is 14.1. The van der Waals surface area contributed by atoms with E-state index in [1.807, 2.05) is 30.3 Å². The lowest BCUT2D eigenvalue weighted by atomic mass is 10.0. The number of benzene rings is 2. The van der Waals surface area contributed by atoms with Crippen molar-refractivity contribution in [2.75, 3.05) is 33.4 Å². The van der Waals surface area contributed by atoms with E-state index in [1.165, 1.54) is 0 Å². The molecule has 0 aromatic heterocycles. The molecular weight excluding hydrogens is 453 g/mol. The molecular formula is C22H28INO3. The van der Waals surface area contributed by atoms with Gasteiger partial charge in [-0.05, 0) is 25.1 Å². The summed E-state index contributed by atoms with van der Waals surface area (Å²) < 4.78 is 19.6. The van der Waals surface area contributed by atoms with E-state index < -0.39 is 0 Å². The highest BCUT2D eigenvalue weighted by atomic mass is 127. The topological polar surface area (TPSA) is 30.9 Å². The molecule has 0 aliphatic carbocycles. The normalized spacial score (nSPS) is 18.9. The van der Waals surface area contributed by atoms with E-state index in [0.29, 0.717) is 6.61 Å². The molecule has 0 spiro atoms. The van der Waals surface area contributed by atoms with Crippen LogP contribution in [0.3, 0.4) is 0 Å². The number of likely N-dealkylation sites (N-methyl/N-ethyl adjacent to an activating group) is 1. The average molecular weight is 481 g/mol. The minimum atomic E-state index is -0.178. The highest BCUT2D eigenvalue weighted by Crippen LogP contribution is 2.37. The number of morpholine rings is 1. The van der Waals surface area contributed by atoms with Crippen LogP contribution >= 0.6 is 22.6 Å². The Morgan fingerprint density at radius 3 is 2.70 bits per heavy atom. The summed E-state index contributed by atoms with van der Waals surface area (Å²) >= 11 is 2.37. The number of hydrogen-bond donors (Lipinski definition) is 0. The molecule has 0 amide bonds. The Bertz CT molecular complexity index is 710. The lowest BCUT2D eigenvalue weighted by Gasteiger charge is -2.35. The zero-order valence-electron chi connectivity index (χ0n) is 16.1. The standard InChI is InChI=1S/C22H28INO3/c1-3-13-26-21-18(15-23)10-7-11-19(21)27-22(17-8-5-4-6-9-17)20-16-24(2)12-14-25-20/h4-11,20,22H,3,12-16H2,1-2H3. The number of ether oxygens (including phenoxy) is 3. The van der Waals surface area contributed by atoms with Gasteiger partial charge in [0.2, 0.25) is 0 Å². The number of halogens is 1. The Hall–Kier alpha value is -1.31. The first-order valence-electron chi connectivity index (χ1n) is 9.55. The molecule has 3 rings (SSSR count). The van der Waals surface area contributed by atoms with Gasteiger partial charge in [0.1, 0.15) is 6.10 Å². The van der Waals surface area contributed by atoms with Gasteiger partial charge in [-0.1, -0.05) is 72.0 Å². The monoisotopic (exact) mass is 481 g/mol. The van der Waals surface area contributed by atoms with E-state index in [-0.39, 0.29) is 12.2 Å². The quantitative estimate of drug-likeness (QED) is 0.398. The molecule has 0 bridgehead atoms. The second-order valence-corrected chi connectivity index (χ2v) is 7.61. The second-order valence-electron chi connectivity index (χ2n) is 6.85. The van der Waals surface area contributed by atoms with Crippen molar-refractivity contribution in [3.8, 4) is 11.5 Å². The van der Waals surface area contributed by atoms with Crippen LogP contribution < -0.4 is 9.47 Å². The van der Waals surface area contributed by atoms with Gasteiger partial charge in [-0.2, -0.15) is 0 Å². The second kappa shape index (κ2) is 10.3. The van der Waals surface area contributed by atoms with Gasteiger partial charge in [0, 0.05) is 23.1 Å². The summed E-state index contributed by atoms with van der Waals surface area (Å²) in [5.74, 6) is 1.65. The molecule has 1 heterocycles. The Labute approximate surface area is 175 Å². The maximum atomic E-state index is 6.58. The molecule has 1 fully saturated rings. The van der Waals surface area contributed by atoms with Gasteiger partial charge < -0.3 is 19.1 Å². The summed E-state index contributed by atoms with van der Waals surface area (Å²) in [6.45, 7) is 5.32. The van der Waals surface area contributed by atoms with Crippen LogP contribution in [0.15, 0.2) is 48.5 Å². The Kier molecular flexibility index (Phi) is 7.79. The van der Waals surface area contributed by atoms with Crippen molar-refractivity contribution < 1.29 is 14.2 Å². The van der Waals surface area contributed by atoms with Crippen molar-refractivity contribution in [2.45, 2.75) is 30.0 Å². The van der Waals surface area contributed by atoms with Crippen LogP contribution in [0.25, 0.3) is 0 Å². The zero-order valence-corrected chi connectivity index (χ0v) is 18.2. The SMILES string of the molecule is CCCOc1c(CI)cccc1OC(c1ccccc1)C1CN(C)CCO1. The molecule has 0 saturated carbocycles. The van der Waals surface area contributed by atoms with E-state index >= 15 is 0 Å². The maximum Gasteiger partial charge on any atom is 0.165 e. The van der Waals surface area contributed by atoms with Crippen molar-refractivity contribution in [1.29, 1.82) is 0 Å². The van der Waals surface area contributed by atoms with Gasteiger partial charge in [-0.15, -0.1) is 0 Å². The van der Waals surface area contributed by atoms with Crippen molar-refractivity contribution in [1.82, 2.24) is 4.90 Å². The molecule has 2 unspecified atom stereocenters. The van der Waals surface area contributed by atoms with Gasteiger partial charge >= 0.3 is 0 Å². The van der Waals surface area contributed by atoms with Crippen LogP contribution in [0.5, 0.6) is 11.5 Å². The first-order valence-corrected chi connectivity index (χ1v) is 11.1. The van der Waals surface area contributed by atoms with Crippen LogP contribution in [0.2, 0.25) is 0 Å². The minimum absolute atomic E-state index is 0.0200. The number of alkyl halides is 1. The predicted molar refractivity (Wildman–Crippen MR) is 117 cm³/mol. The molecule has 2 atom stereocenters. The fraction of sp³-hybridized carbons (Fsp3) is 0.455. The third kappa shape index (κ3) is 5.36. The van der Waals surface area contributed by atoms with Crippen molar-refractivity contribution in [3.05, 3.63) is 59.7 Å². The van der Waals surface area contributed by atoms with Crippen LogP contribution in [0.4, 0.5) is 0 Å². The largest absolute Gasteiger partial charge is 0.489 e. The summed E-state index contributed by atoms with van der Waals surface area (Å²) in [5, 5.41) is 0. The van der Waals surface area contributed by atoms with Crippen molar-refractivity contribution >= 4 is 22.6 Å². The summed E-state index contributed by atoms with van der Waals surface area (Å²) in [6.07, 6.45) is 0.768. The van der Waals surface area contributed by atoms with Gasteiger partial charge in [-0.3, -0.25) is 0 Å². The minimum Gasteiger partial charge on any atom is -0.489 e. The van der Waals surface area contributed by atoms with E-state index in [2.05, 4.69) is 59.7 Å². The van der Waals surface area contributed by atoms with E-state index in [9.17, 15) is 0 Å². The molecule has 4 nitrogen and oxygen atoms in total. The fourth-order valence-electron chi connectivity index (χ4n) is 3.26. The molecule has 5 heteroatoms. The van der Waals surface area contributed by atoms with E-state index in [0.717, 1.165) is 53.2 Å². The Balaban J connectivity index is 1.92. The highest BCUT2D eigenvalue weighted by Gasteiger charge is 2.30. The smallest absolute Gasteiger partial charge is 0.165 e. The summed E-state index contributed by atoms with van der Waals surface area (Å²) in [5.41, 5.74) is 2.29. The van der Waals surface area contributed by atoms with E-state index in [4.69, 9.17) is 14.2 Å². The number of hydrogen-bond acceptors (Lipinski definition) is 4. The first kappa shape index (κ1) is 20.4. The summed E-state index contributed by atoms with van der Waals surface area (Å²) in [7, 11) is 2.13. The lowest BCUT2D eigenvalue weighted by molar-refractivity contribution is -0.0764. The van der Waals surface area contributed by atoms with Gasteiger partial charge in [0.25, 0.3) is 0 Å². The predicted octanol–water partition coefficient (Wildman–Crippen LogP) is 4.86. The summed E-state index contributed by atoms with van der Waals surface area (Å²) in [4.78, 5) is 2.29. The van der Waals surface area contributed by atoms with Crippen molar-refractivity contribution in [3.63, 3.8) is 0 Å². The number of nitrogens with zero attached hydrogens (tertiary/aromatic N) is 1. The molecule has 1 saturated heterocycles. The maximum absolute atomic E-state index is 6.58. The Morgan fingerprint density at radius 1 is 1.19 bits per heavy atom. The Morgan fingerprint density at radius 2 is 2.00 bits per heavy atom. The zero-order chi connectivity index (χ0) is 19.1. The lowest BCUT2D eigenvalue weighted by Crippen LogP contribution is -2.44. The molecule has 0 radical (unpaired) electrons. The molecule has 2 aromatic carbocycles. The summed E-state index contributed by atoms with van der Waals surface area (Å²) in [6, 6.07) is 16.5. The third-order valence-corrected chi connectivity index (χ3v) is 5.49. The van der Waals surface area contributed by atoms with Crippen LogP contribution in [0.1, 0.15) is 30.6 Å².